The summed E-state index contributed by atoms with van der Waals surface area (Å²) in [5, 5.41) is 17.8. The Labute approximate surface area is 65.0 Å². The number of carbonyl (C=O) groups is 1. The van der Waals surface area contributed by atoms with Crippen molar-refractivity contribution in [3.63, 3.8) is 0 Å². The Hall–Kier alpha value is -0.570. The van der Waals surface area contributed by atoms with Crippen LogP contribution in [0.2, 0.25) is 0 Å². The molecule has 2 bridgehead atoms. The number of rotatable bonds is 2. The number of carboxylic acid groups (broad SMARTS) is 1. The first-order valence-electron chi connectivity index (χ1n) is 4.01. The lowest BCUT2D eigenvalue weighted by Gasteiger charge is -2.38. The van der Waals surface area contributed by atoms with E-state index in [1.807, 2.05) is 0 Å². The number of aliphatic carboxylic acids is 1. The highest BCUT2D eigenvalue weighted by Gasteiger charge is 2.59. The van der Waals surface area contributed by atoms with Crippen LogP contribution in [-0.4, -0.2) is 22.8 Å². The molecule has 0 spiro atoms. The highest BCUT2D eigenvalue weighted by molar-refractivity contribution is 5.72. The summed E-state index contributed by atoms with van der Waals surface area (Å²) in [6.45, 7) is 0.0560. The average molecular weight is 156 g/mol. The predicted molar refractivity (Wildman–Crippen MR) is 38.0 cm³/mol. The molecule has 0 aromatic rings. The van der Waals surface area contributed by atoms with Gasteiger partial charge in [-0.1, -0.05) is 0 Å². The van der Waals surface area contributed by atoms with Crippen LogP contribution in [0.1, 0.15) is 19.3 Å². The zero-order chi connectivity index (χ0) is 8.06. The molecule has 62 valence electrons. The molecule has 0 saturated heterocycles. The smallest absolute Gasteiger partial charge is 0.307 e. The van der Waals surface area contributed by atoms with Crippen molar-refractivity contribution < 1.29 is 15.0 Å². The van der Waals surface area contributed by atoms with Crippen molar-refractivity contribution in [2.45, 2.75) is 19.3 Å². The van der Waals surface area contributed by atoms with Crippen molar-refractivity contribution in [3.05, 3.63) is 0 Å². The van der Waals surface area contributed by atoms with Crippen LogP contribution >= 0.6 is 0 Å². The third-order valence-corrected chi connectivity index (χ3v) is 3.31. The molecule has 0 heterocycles. The van der Waals surface area contributed by atoms with Gasteiger partial charge in [-0.05, 0) is 25.2 Å². The molecule has 11 heavy (non-hydrogen) atoms. The number of aliphatic hydroxyl groups is 1. The van der Waals surface area contributed by atoms with Crippen LogP contribution in [0.5, 0.6) is 0 Å². The maximum Gasteiger partial charge on any atom is 0.307 e. The van der Waals surface area contributed by atoms with Crippen LogP contribution in [0.25, 0.3) is 0 Å². The Morgan fingerprint density at radius 3 is 2.55 bits per heavy atom. The van der Waals surface area contributed by atoms with E-state index in [9.17, 15) is 4.79 Å². The van der Waals surface area contributed by atoms with Crippen LogP contribution in [0.4, 0.5) is 0 Å². The largest absolute Gasteiger partial charge is 0.481 e. The molecule has 3 aliphatic rings. The number of hydrogen-bond donors (Lipinski definition) is 2. The Morgan fingerprint density at radius 1 is 1.55 bits per heavy atom. The minimum atomic E-state index is -0.723. The first-order valence-corrected chi connectivity index (χ1v) is 4.01. The molecule has 3 rings (SSSR count). The van der Waals surface area contributed by atoms with Crippen molar-refractivity contribution in [3.8, 4) is 0 Å². The van der Waals surface area contributed by atoms with E-state index in [4.69, 9.17) is 10.2 Å². The van der Waals surface area contributed by atoms with Crippen LogP contribution in [-0.2, 0) is 4.79 Å². The Bertz CT molecular complexity index is 194. The van der Waals surface area contributed by atoms with Gasteiger partial charge in [0.25, 0.3) is 0 Å². The first kappa shape index (κ1) is 7.10. The zero-order valence-electron chi connectivity index (χ0n) is 6.29. The summed E-state index contributed by atoms with van der Waals surface area (Å²) in [5.74, 6) is -0.403. The topological polar surface area (TPSA) is 57.5 Å². The van der Waals surface area contributed by atoms with Crippen molar-refractivity contribution in [1.82, 2.24) is 0 Å². The van der Waals surface area contributed by atoms with Gasteiger partial charge in [0, 0.05) is 12.0 Å². The molecule has 3 heteroatoms. The van der Waals surface area contributed by atoms with Crippen LogP contribution in [0.3, 0.4) is 0 Å². The normalized spacial score (nSPS) is 47.0. The molecular weight excluding hydrogens is 144 g/mol. The first-order chi connectivity index (χ1) is 5.18. The van der Waals surface area contributed by atoms with Crippen molar-refractivity contribution in [2.24, 2.45) is 17.3 Å². The van der Waals surface area contributed by atoms with E-state index in [-0.39, 0.29) is 17.9 Å². The zero-order valence-corrected chi connectivity index (χ0v) is 6.29. The number of aliphatic hydroxyl groups excluding tert-OH is 1. The summed E-state index contributed by atoms with van der Waals surface area (Å²) in [5.41, 5.74) is -0.226. The lowest BCUT2D eigenvalue weighted by Crippen LogP contribution is -2.38. The Morgan fingerprint density at radius 2 is 2.18 bits per heavy atom. The molecule has 3 fully saturated rings. The minimum Gasteiger partial charge on any atom is -0.481 e. The average Bonchev–Trinajstić information content (AvgIpc) is 2.37. The van der Waals surface area contributed by atoms with E-state index in [2.05, 4.69) is 0 Å². The second-order valence-electron chi connectivity index (χ2n) is 3.92. The fraction of sp³-hybridized carbons (Fsp3) is 0.875. The Balaban J connectivity index is 2.18. The number of carboxylic acids is 1. The maximum absolute atomic E-state index is 10.7. The molecule has 1 unspecified atom stereocenters. The van der Waals surface area contributed by atoms with Gasteiger partial charge in [0.2, 0.25) is 0 Å². The molecule has 0 aromatic heterocycles. The number of hydrogen-bond acceptors (Lipinski definition) is 2. The molecule has 3 nitrogen and oxygen atoms in total. The van der Waals surface area contributed by atoms with E-state index < -0.39 is 5.97 Å². The van der Waals surface area contributed by atoms with Crippen molar-refractivity contribution in [1.29, 1.82) is 0 Å². The van der Waals surface area contributed by atoms with Gasteiger partial charge in [-0.2, -0.15) is 0 Å². The monoisotopic (exact) mass is 156 g/mol. The van der Waals surface area contributed by atoms with Gasteiger partial charge in [-0.15, -0.1) is 0 Å². The van der Waals surface area contributed by atoms with E-state index >= 15 is 0 Å². The number of fused-ring (bicyclic) bond motifs is 1. The van der Waals surface area contributed by atoms with Gasteiger partial charge >= 0.3 is 5.97 Å². The van der Waals surface area contributed by atoms with E-state index in [1.54, 1.807) is 0 Å². The molecule has 0 aliphatic heterocycles. The summed E-state index contributed by atoms with van der Waals surface area (Å²) in [6.07, 6.45) is 2.65. The third-order valence-electron chi connectivity index (χ3n) is 3.31. The van der Waals surface area contributed by atoms with Gasteiger partial charge in [0.1, 0.15) is 0 Å². The summed E-state index contributed by atoms with van der Waals surface area (Å²) in [6, 6.07) is 0. The fourth-order valence-corrected chi connectivity index (χ4v) is 2.73. The molecule has 1 atom stereocenters. The molecular formula is C8H12O3. The third kappa shape index (κ3) is 0.745. The van der Waals surface area contributed by atoms with Gasteiger partial charge < -0.3 is 10.2 Å². The van der Waals surface area contributed by atoms with Crippen molar-refractivity contribution in [2.75, 3.05) is 6.61 Å². The van der Waals surface area contributed by atoms with Crippen LogP contribution < -0.4 is 0 Å². The van der Waals surface area contributed by atoms with Gasteiger partial charge in [-0.3, -0.25) is 4.79 Å². The minimum absolute atomic E-state index is 0.0560. The summed E-state index contributed by atoms with van der Waals surface area (Å²) in [4.78, 5) is 10.7. The predicted octanol–water partition coefficient (Wildman–Crippen LogP) is 0.480. The van der Waals surface area contributed by atoms with Crippen LogP contribution in [0, 0.1) is 17.3 Å². The van der Waals surface area contributed by atoms with Crippen molar-refractivity contribution >= 4 is 5.97 Å². The van der Waals surface area contributed by atoms with E-state index in [0.29, 0.717) is 5.92 Å². The highest BCUT2D eigenvalue weighted by atomic mass is 16.4. The second-order valence-corrected chi connectivity index (χ2v) is 3.92. The summed E-state index contributed by atoms with van der Waals surface area (Å²) in [7, 11) is 0. The van der Waals surface area contributed by atoms with Crippen LogP contribution in [0.15, 0.2) is 0 Å². The Kier molecular flexibility index (Phi) is 1.27. The second kappa shape index (κ2) is 1.97. The SMILES string of the molecule is O=C(O)C1CC2CC1(CO)C2. The lowest BCUT2D eigenvalue weighted by molar-refractivity contribution is -0.146. The molecule has 2 N–H and O–H groups in total. The standard InChI is InChI=1S/C8H12O3/c9-4-8-2-5(3-8)1-6(8)7(10)11/h5-6,9H,1-4H2,(H,10,11). The maximum atomic E-state index is 10.7. The molecule has 0 radical (unpaired) electrons. The molecule has 0 amide bonds. The van der Waals surface area contributed by atoms with Gasteiger partial charge in [-0.25, -0.2) is 0 Å². The van der Waals surface area contributed by atoms with E-state index in [0.717, 1.165) is 19.3 Å². The van der Waals surface area contributed by atoms with Gasteiger partial charge in [0.05, 0.1) is 5.92 Å². The molecule has 3 aliphatic carbocycles. The van der Waals surface area contributed by atoms with Gasteiger partial charge in [0.15, 0.2) is 0 Å². The fourth-order valence-electron chi connectivity index (χ4n) is 2.73. The molecule has 0 aromatic carbocycles. The summed E-state index contributed by atoms with van der Waals surface area (Å²) < 4.78 is 0. The lowest BCUT2D eigenvalue weighted by atomic mass is 9.67. The summed E-state index contributed by atoms with van der Waals surface area (Å²) >= 11 is 0. The highest BCUT2D eigenvalue weighted by Crippen LogP contribution is 2.61. The molecule has 3 saturated carbocycles. The quantitative estimate of drug-likeness (QED) is 0.611. The van der Waals surface area contributed by atoms with E-state index in [1.165, 1.54) is 0 Å².